The molecular weight excluding hydrogens is 1100 g/mol. The molecule has 470 valence electrons. The van der Waals surface area contributed by atoms with Crippen molar-refractivity contribution in [3.8, 4) is 11.8 Å². The highest BCUT2D eigenvalue weighted by atomic mass is 16.7. The maximum absolute atomic E-state index is 12.4. The van der Waals surface area contributed by atoms with Gasteiger partial charge in [-0.05, 0) is 119 Å². The third kappa shape index (κ3) is 31.8. The number of carbonyl (C=O) groups is 2. The van der Waals surface area contributed by atoms with Crippen LogP contribution in [-0.2, 0) is 61.6 Å². The average Bonchev–Trinajstić information content (AvgIpc) is 3.70. The molecule has 1 aliphatic heterocycles. The Bertz CT molecular complexity index is 2300. The van der Waals surface area contributed by atoms with E-state index in [2.05, 4.69) is 9.97 Å². The van der Waals surface area contributed by atoms with Crippen molar-refractivity contribution in [1.82, 2.24) is 9.97 Å². The van der Waals surface area contributed by atoms with Gasteiger partial charge in [-0.1, -0.05) is 48.6 Å². The number of carbonyl (C=O) groups excluding carboxylic acids is 2. The largest absolute Gasteiger partial charge is 0.475 e. The number of amides is 2. The molecule has 0 saturated carbocycles. The first-order chi connectivity index (χ1) is 41.1. The Morgan fingerprint density at radius 3 is 1.20 bits per heavy atom. The van der Waals surface area contributed by atoms with Crippen molar-refractivity contribution in [2.75, 3.05) is 163 Å². The smallest absolute Gasteiger partial charge is 0.414 e. The highest BCUT2D eigenvalue weighted by Crippen LogP contribution is 2.22. The van der Waals surface area contributed by atoms with E-state index in [4.69, 9.17) is 71.1 Å². The normalized spacial score (nSPS) is 13.9. The van der Waals surface area contributed by atoms with Crippen molar-refractivity contribution in [2.45, 2.75) is 84.4 Å². The first-order valence-corrected chi connectivity index (χ1v) is 29.2. The molecule has 85 heavy (non-hydrogen) atoms. The van der Waals surface area contributed by atoms with E-state index < -0.39 is 23.4 Å². The lowest BCUT2D eigenvalue weighted by molar-refractivity contribution is -0.175. The molecule has 1 fully saturated rings. The van der Waals surface area contributed by atoms with Gasteiger partial charge in [0.2, 0.25) is 11.8 Å². The number of nitrogens with zero attached hydrogens (tertiary/aromatic N) is 4. The molecule has 5 rings (SSSR count). The third-order valence-electron chi connectivity index (χ3n) is 12.0. The van der Waals surface area contributed by atoms with Gasteiger partial charge in [0.25, 0.3) is 0 Å². The predicted molar refractivity (Wildman–Crippen MR) is 325 cm³/mol. The van der Waals surface area contributed by atoms with Gasteiger partial charge in [0, 0.05) is 56.6 Å². The van der Waals surface area contributed by atoms with Gasteiger partial charge in [0.05, 0.1) is 119 Å². The fourth-order valence-corrected chi connectivity index (χ4v) is 7.57. The first kappa shape index (κ1) is 69.7. The second-order valence-corrected chi connectivity index (χ2v) is 21.5. The lowest BCUT2D eigenvalue weighted by Gasteiger charge is -2.24. The van der Waals surface area contributed by atoms with Crippen molar-refractivity contribution in [3.05, 3.63) is 107 Å². The van der Waals surface area contributed by atoms with Gasteiger partial charge in [-0.3, -0.25) is 9.80 Å². The van der Waals surface area contributed by atoms with E-state index in [1.165, 1.54) is 9.80 Å². The van der Waals surface area contributed by atoms with E-state index >= 15 is 0 Å². The molecule has 0 radical (unpaired) electrons. The summed E-state index contributed by atoms with van der Waals surface area (Å²) in [5.74, 6) is 1.02. The summed E-state index contributed by atoms with van der Waals surface area (Å²) < 4.78 is 85.6. The highest BCUT2D eigenvalue weighted by Gasteiger charge is 2.22. The van der Waals surface area contributed by atoms with Gasteiger partial charge in [-0.15, -0.1) is 0 Å². The van der Waals surface area contributed by atoms with Gasteiger partial charge in [-0.2, -0.15) is 0 Å². The summed E-state index contributed by atoms with van der Waals surface area (Å²) in [5.41, 5.74) is 4.17. The van der Waals surface area contributed by atoms with E-state index in [9.17, 15) is 9.59 Å². The number of ether oxygens (including phenoxy) is 15. The van der Waals surface area contributed by atoms with Crippen LogP contribution in [0.2, 0.25) is 0 Å². The predicted octanol–water partition coefficient (Wildman–Crippen LogP) is 10.1. The van der Waals surface area contributed by atoms with Gasteiger partial charge in [0.15, 0.2) is 6.29 Å². The lowest BCUT2D eigenvalue weighted by Crippen LogP contribution is -2.34. The molecular formula is C64H92N4O17. The Morgan fingerprint density at radius 1 is 0.482 bits per heavy atom. The molecule has 1 unspecified atom stereocenters. The molecule has 1 atom stereocenters. The van der Waals surface area contributed by atoms with Crippen LogP contribution in [0.15, 0.2) is 85.2 Å². The molecule has 1 saturated heterocycles. The summed E-state index contributed by atoms with van der Waals surface area (Å²) in [6, 6.07) is 22.8. The minimum absolute atomic E-state index is 0.180. The minimum atomic E-state index is -0.561. The Balaban J connectivity index is 0.815. The lowest BCUT2D eigenvalue weighted by atomic mass is 10.1. The van der Waals surface area contributed by atoms with Crippen molar-refractivity contribution < 1.29 is 80.6 Å². The van der Waals surface area contributed by atoms with Crippen LogP contribution in [0.5, 0.6) is 11.8 Å². The zero-order valence-electron chi connectivity index (χ0n) is 51.2. The van der Waals surface area contributed by atoms with Crippen LogP contribution in [0.3, 0.4) is 0 Å². The number of anilines is 2. The molecule has 2 aromatic carbocycles. The third-order valence-corrected chi connectivity index (χ3v) is 12.0. The molecule has 0 aliphatic carbocycles. The van der Waals surface area contributed by atoms with Crippen LogP contribution in [0.4, 0.5) is 21.0 Å². The quantitative estimate of drug-likeness (QED) is 0.0379. The molecule has 2 amide bonds. The molecule has 21 nitrogen and oxygen atoms in total. The zero-order chi connectivity index (χ0) is 60.8. The Hall–Kier alpha value is -6.08. The summed E-state index contributed by atoms with van der Waals surface area (Å²) >= 11 is 0. The van der Waals surface area contributed by atoms with Crippen LogP contribution in [0, 0.1) is 0 Å². The number of aromatic nitrogens is 2. The molecule has 0 spiro atoms. The van der Waals surface area contributed by atoms with Gasteiger partial charge in [0.1, 0.15) is 30.5 Å². The molecule has 4 aromatic rings. The van der Waals surface area contributed by atoms with Crippen molar-refractivity contribution >= 4 is 47.9 Å². The zero-order valence-corrected chi connectivity index (χ0v) is 51.2. The Kier molecular flexibility index (Phi) is 33.1. The second-order valence-electron chi connectivity index (χ2n) is 21.5. The molecule has 2 aromatic heterocycles. The topological polar surface area (TPSA) is 205 Å². The summed E-state index contributed by atoms with van der Waals surface area (Å²) in [6.07, 6.45) is 13.1. The Labute approximate surface area is 503 Å². The fourth-order valence-electron chi connectivity index (χ4n) is 7.57. The summed E-state index contributed by atoms with van der Waals surface area (Å²) in [6.45, 7) is 19.8. The first-order valence-electron chi connectivity index (χ1n) is 29.2. The SMILES string of the molecule is CN(C(=O)OC(C)(C)C)c1ccc(/C=C/c2ccc(OCCOCCOCCOCCOCC(COCCOCCOCCOCCOc3ccc(/C=C/c4ccc(N(C)C(=O)OC(C)(C)C)cc4)cn3)OCCOC3CCCCO3)nc2)cc1. The molecule has 21 heteroatoms. The van der Waals surface area contributed by atoms with E-state index in [1.54, 1.807) is 26.5 Å². The monoisotopic (exact) mass is 1190 g/mol. The standard InChI is InChI=1S/C64H92N4O17/c1-63(2,3)84-61(69)67(7)55-22-16-51(17-23-55)12-14-53-20-26-58(65-47-53)80-43-41-75-35-33-71-29-31-73-37-39-77-49-57(79-45-46-83-60-11-9-10-28-82-60)50-78-40-38-74-32-30-72-34-36-76-42-44-81-59-27-21-54(48-66-59)15-13-52-18-24-56(25-19-52)68(8)62(70)85-64(4,5)6/h12-27,47-48,57,60H,9-11,28-46,49-50H2,1-8H3/b14-12+,15-13+. The molecule has 1 aliphatic rings. The van der Waals surface area contributed by atoms with E-state index in [1.807, 2.05) is 139 Å². The second kappa shape index (κ2) is 40.3. The van der Waals surface area contributed by atoms with Crippen LogP contribution >= 0.6 is 0 Å². The van der Waals surface area contributed by atoms with E-state index in [0.29, 0.717) is 144 Å². The molecule has 0 bridgehead atoms. The summed E-state index contributed by atoms with van der Waals surface area (Å²) in [4.78, 5) is 36.5. The van der Waals surface area contributed by atoms with Crippen LogP contribution in [0.1, 0.15) is 83.1 Å². The maximum Gasteiger partial charge on any atom is 0.414 e. The highest BCUT2D eigenvalue weighted by molar-refractivity contribution is 5.88. The summed E-state index contributed by atoms with van der Waals surface area (Å²) in [7, 11) is 3.38. The summed E-state index contributed by atoms with van der Waals surface area (Å²) in [5, 5.41) is 0. The number of pyridine rings is 2. The van der Waals surface area contributed by atoms with E-state index in [-0.39, 0.29) is 12.4 Å². The maximum atomic E-state index is 12.4. The number of hydrogen-bond acceptors (Lipinski definition) is 19. The molecule has 0 N–H and O–H groups in total. The van der Waals surface area contributed by atoms with Crippen molar-refractivity contribution in [3.63, 3.8) is 0 Å². The number of rotatable bonds is 41. The minimum Gasteiger partial charge on any atom is -0.475 e. The van der Waals surface area contributed by atoms with Crippen LogP contribution in [0.25, 0.3) is 24.3 Å². The van der Waals surface area contributed by atoms with Crippen LogP contribution in [-0.4, -0.2) is 199 Å². The number of hydrogen-bond donors (Lipinski definition) is 0. The average molecular weight is 1190 g/mol. The van der Waals surface area contributed by atoms with Crippen molar-refractivity contribution in [2.24, 2.45) is 0 Å². The van der Waals surface area contributed by atoms with Gasteiger partial charge < -0.3 is 71.1 Å². The van der Waals surface area contributed by atoms with E-state index in [0.717, 1.165) is 59.5 Å². The van der Waals surface area contributed by atoms with Gasteiger partial charge in [-0.25, -0.2) is 19.6 Å². The van der Waals surface area contributed by atoms with Crippen molar-refractivity contribution in [1.29, 1.82) is 0 Å². The number of benzene rings is 2. The fraction of sp³-hybridized carbons (Fsp3) is 0.562. The van der Waals surface area contributed by atoms with Crippen LogP contribution < -0.4 is 19.3 Å². The molecule has 3 heterocycles. The van der Waals surface area contributed by atoms with Gasteiger partial charge >= 0.3 is 12.2 Å². The Morgan fingerprint density at radius 2 is 0.847 bits per heavy atom.